The zero-order valence-electron chi connectivity index (χ0n) is 16.6. The molecule has 0 amide bonds. The van der Waals surface area contributed by atoms with Gasteiger partial charge in [-0.3, -0.25) is 14.4 Å². The van der Waals surface area contributed by atoms with Crippen LogP contribution in [0.15, 0.2) is 47.5 Å². The Morgan fingerprint density at radius 2 is 1.68 bits per heavy atom. The van der Waals surface area contributed by atoms with Gasteiger partial charge in [-0.25, -0.2) is 4.39 Å². The van der Waals surface area contributed by atoms with Gasteiger partial charge in [0.25, 0.3) is 0 Å². The maximum absolute atomic E-state index is 13.7. The monoisotopic (exact) mass is 424 g/mol. The summed E-state index contributed by atoms with van der Waals surface area (Å²) in [6, 6.07) is 8.52. The van der Waals surface area contributed by atoms with E-state index in [1.54, 1.807) is 6.07 Å². The van der Waals surface area contributed by atoms with Gasteiger partial charge in [-0.05, 0) is 29.8 Å². The van der Waals surface area contributed by atoms with Gasteiger partial charge in [0.05, 0.1) is 31.8 Å². The lowest BCUT2D eigenvalue weighted by Crippen LogP contribution is -2.42. The highest BCUT2D eigenvalue weighted by molar-refractivity contribution is 6.29. The molecule has 3 aliphatic rings. The number of hydrogen-bond acceptors (Lipinski definition) is 7. The van der Waals surface area contributed by atoms with E-state index in [1.807, 2.05) is 0 Å². The van der Waals surface area contributed by atoms with E-state index in [-0.39, 0.29) is 34.4 Å². The van der Waals surface area contributed by atoms with Gasteiger partial charge in [-0.2, -0.15) is 0 Å². The zero-order chi connectivity index (χ0) is 21.9. The Kier molecular flexibility index (Phi) is 4.40. The van der Waals surface area contributed by atoms with Crippen molar-refractivity contribution in [1.82, 2.24) is 0 Å². The molecule has 7 nitrogen and oxygen atoms in total. The van der Waals surface area contributed by atoms with Crippen molar-refractivity contribution in [3.8, 4) is 11.5 Å². The first-order valence-corrected chi connectivity index (χ1v) is 9.63. The van der Waals surface area contributed by atoms with Crippen LogP contribution in [0.3, 0.4) is 0 Å². The second kappa shape index (κ2) is 7.02. The number of methoxy groups -OCH3 is 2. The van der Waals surface area contributed by atoms with Crippen molar-refractivity contribution >= 4 is 17.5 Å². The van der Waals surface area contributed by atoms with E-state index in [2.05, 4.69) is 0 Å². The normalized spacial score (nSPS) is 24.4. The number of carbonyl (C=O) groups excluding carboxylic acids is 3. The molecule has 1 fully saturated rings. The highest BCUT2D eigenvalue weighted by Crippen LogP contribution is 2.48. The smallest absolute Gasteiger partial charge is 0.309 e. The minimum Gasteiger partial charge on any atom is -0.493 e. The summed E-state index contributed by atoms with van der Waals surface area (Å²) in [6.45, 7) is 0. The average molecular weight is 424 g/mol. The van der Waals surface area contributed by atoms with Gasteiger partial charge in [0, 0.05) is 11.1 Å². The lowest BCUT2D eigenvalue weighted by Gasteiger charge is -2.37. The van der Waals surface area contributed by atoms with E-state index in [4.69, 9.17) is 18.9 Å². The van der Waals surface area contributed by atoms with Crippen LogP contribution in [0.1, 0.15) is 38.8 Å². The number of fused-ring (bicyclic) bond motifs is 3. The minimum atomic E-state index is -1.00. The van der Waals surface area contributed by atoms with Crippen molar-refractivity contribution in [2.24, 2.45) is 0 Å². The molecular weight excluding hydrogens is 407 g/mol. The number of hydrogen-bond donors (Lipinski definition) is 0. The highest BCUT2D eigenvalue weighted by atomic mass is 19.1. The number of halogens is 1. The molecule has 158 valence electrons. The van der Waals surface area contributed by atoms with Gasteiger partial charge in [0.1, 0.15) is 18.0 Å². The molecule has 2 heterocycles. The van der Waals surface area contributed by atoms with Gasteiger partial charge < -0.3 is 18.9 Å². The maximum Gasteiger partial charge on any atom is 0.309 e. The van der Waals surface area contributed by atoms with Crippen LogP contribution in [0.5, 0.6) is 11.5 Å². The summed E-state index contributed by atoms with van der Waals surface area (Å²) in [5.41, 5.74) is 0.858. The summed E-state index contributed by atoms with van der Waals surface area (Å²) in [6.07, 6.45) is -2.73. The van der Waals surface area contributed by atoms with E-state index in [0.29, 0.717) is 11.3 Å². The van der Waals surface area contributed by atoms with E-state index in [1.165, 1.54) is 44.6 Å². The van der Waals surface area contributed by atoms with Crippen molar-refractivity contribution in [3.05, 3.63) is 70.1 Å². The molecule has 1 aliphatic carbocycles. The molecule has 0 bridgehead atoms. The maximum atomic E-state index is 13.7. The van der Waals surface area contributed by atoms with Crippen molar-refractivity contribution in [1.29, 1.82) is 0 Å². The molecule has 2 aliphatic heterocycles. The predicted molar refractivity (Wildman–Crippen MR) is 104 cm³/mol. The summed E-state index contributed by atoms with van der Waals surface area (Å²) in [7, 11) is 2.81. The first-order valence-electron chi connectivity index (χ1n) is 9.63. The lowest BCUT2D eigenvalue weighted by atomic mass is 9.75. The van der Waals surface area contributed by atoms with Crippen LogP contribution in [-0.4, -0.2) is 44.0 Å². The van der Waals surface area contributed by atoms with Gasteiger partial charge in [-0.1, -0.05) is 12.1 Å². The molecule has 0 saturated carbocycles. The molecule has 0 aromatic heterocycles. The van der Waals surface area contributed by atoms with Crippen LogP contribution >= 0.6 is 0 Å². The van der Waals surface area contributed by atoms with Crippen LogP contribution in [0.25, 0.3) is 0 Å². The molecule has 0 unspecified atom stereocenters. The third-order valence-electron chi connectivity index (χ3n) is 5.79. The quantitative estimate of drug-likeness (QED) is 0.700. The SMILES string of the molecule is COc1ccc2c(c1OC)C(=O)C1=C(C2=O)[C@H](c2ccc(F)cc2)O[C@H]2CC(=O)O[C@@H]12. The molecule has 31 heavy (non-hydrogen) atoms. The summed E-state index contributed by atoms with van der Waals surface area (Å²) in [4.78, 5) is 39.3. The van der Waals surface area contributed by atoms with Crippen LogP contribution in [0, 0.1) is 5.82 Å². The molecule has 2 aromatic rings. The Labute approximate surface area is 176 Å². The Balaban J connectivity index is 1.74. The third-order valence-corrected chi connectivity index (χ3v) is 5.79. The van der Waals surface area contributed by atoms with E-state index in [0.717, 1.165) is 0 Å². The summed E-state index contributed by atoms with van der Waals surface area (Å²) in [5.74, 6) is -1.46. The number of benzene rings is 2. The Hall–Kier alpha value is -3.52. The molecular formula is C23H17FO7. The highest BCUT2D eigenvalue weighted by Gasteiger charge is 2.53. The number of ether oxygens (including phenoxy) is 4. The second-order valence-electron chi connectivity index (χ2n) is 7.43. The Morgan fingerprint density at radius 1 is 0.935 bits per heavy atom. The number of Topliss-reactive ketones (excluding diaryl/α,β-unsaturated/α-hetero) is 2. The molecule has 0 radical (unpaired) electrons. The number of esters is 1. The lowest BCUT2D eigenvalue weighted by molar-refractivity contribution is -0.140. The number of carbonyl (C=O) groups is 3. The topological polar surface area (TPSA) is 88.1 Å². The van der Waals surface area contributed by atoms with Crippen molar-refractivity contribution in [2.75, 3.05) is 14.2 Å². The molecule has 5 rings (SSSR count). The number of rotatable bonds is 3. The van der Waals surface area contributed by atoms with Crippen LogP contribution in [-0.2, 0) is 14.3 Å². The van der Waals surface area contributed by atoms with Gasteiger partial charge in [0.2, 0.25) is 0 Å². The summed E-state index contributed by atoms with van der Waals surface area (Å²) < 4.78 is 35.6. The van der Waals surface area contributed by atoms with Gasteiger partial charge in [0.15, 0.2) is 29.2 Å². The fourth-order valence-electron chi connectivity index (χ4n) is 4.44. The first kappa shape index (κ1) is 19.4. The van der Waals surface area contributed by atoms with Crippen molar-refractivity contribution < 1.29 is 37.7 Å². The van der Waals surface area contributed by atoms with E-state index in [9.17, 15) is 18.8 Å². The van der Waals surface area contributed by atoms with Crippen molar-refractivity contribution in [3.63, 3.8) is 0 Å². The standard InChI is InChI=1S/C23H17FO7/c1-28-13-8-7-12-16(22(13)29-2)20(27)18-17(19(12)26)21(10-3-5-11(24)6-4-10)30-14-9-15(25)31-23(14)18/h3-8,14,21,23H,9H2,1-2H3/t14-,21-,23+/m0/s1. The Bertz CT molecular complexity index is 1170. The summed E-state index contributed by atoms with van der Waals surface area (Å²) in [5, 5.41) is 0. The molecule has 2 aromatic carbocycles. The van der Waals surface area contributed by atoms with E-state index >= 15 is 0 Å². The predicted octanol–water partition coefficient (Wildman–Crippen LogP) is 2.97. The Morgan fingerprint density at radius 3 is 2.35 bits per heavy atom. The van der Waals surface area contributed by atoms with Gasteiger partial charge >= 0.3 is 5.97 Å². The number of ketones is 2. The molecule has 0 N–H and O–H groups in total. The fraction of sp³-hybridized carbons (Fsp3) is 0.261. The van der Waals surface area contributed by atoms with Crippen LogP contribution < -0.4 is 9.47 Å². The third kappa shape index (κ3) is 2.79. The molecule has 1 saturated heterocycles. The molecule has 8 heteroatoms. The van der Waals surface area contributed by atoms with E-state index < -0.39 is 41.7 Å². The minimum absolute atomic E-state index is 0.0529. The van der Waals surface area contributed by atoms with Crippen LogP contribution in [0.4, 0.5) is 4.39 Å². The molecule has 0 spiro atoms. The first-order chi connectivity index (χ1) is 14.9. The fourth-order valence-corrected chi connectivity index (χ4v) is 4.44. The average Bonchev–Trinajstić information content (AvgIpc) is 3.15. The largest absolute Gasteiger partial charge is 0.493 e. The zero-order valence-corrected chi connectivity index (χ0v) is 16.6. The van der Waals surface area contributed by atoms with Crippen LogP contribution in [0.2, 0.25) is 0 Å². The summed E-state index contributed by atoms with van der Waals surface area (Å²) >= 11 is 0. The van der Waals surface area contributed by atoms with Gasteiger partial charge in [-0.15, -0.1) is 0 Å². The van der Waals surface area contributed by atoms with Crippen molar-refractivity contribution in [2.45, 2.75) is 24.7 Å². The molecule has 3 atom stereocenters. The second-order valence-corrected chi connectivity index (χ2v) is 7.43.